The van der Waals surface area contributed by atoms with E-state index in [4.69, 9.17) is 18.6 Å². The normalized spacial score (nSPS) is 22.1. The highest BCUT2D eigenvalue weighted by Crippen LogP contribution is 2.45. The Hall–Kier alpha value is -4.82. The van der Waals surface area contributed by atoms with E-state index in [9.17, 15) is 45.3 Å². The van der Waals surface area contributed by atoms with E-state index < -0.39 is 60.0 Å². The summed E-state index contributed by atoms with van der Waals surface area (Å²) in [4.78, 5) is 26.3. The quantitative estimate of drug-likeness (QED) is 0.161. The standard InChI is InChI=1S/C29H26O13/c1-39-20-8-13(4-7-15(20)32)29(38)42-28-25(37)24(36)21(11-30)41-27(28)23-17(34)9-16(33)22-18(35)10-19(40-26(22)23)12-2-5-14(31)6-3-12/h2-10,21,24-25,27-28,30-34,36-37H,11H2,1H3/t21?,24-,25+,27+,28?/m1/s1. The maximum absolute atomic E-state index is 13.1. The van der Waals surface area contributed by atoms with Gasteiger partial charge >= 0.3 is 5.97 Å². The van der Waals surface area contributed by atoms with Crippen molar-refractivity contribution in [3.63, 3.8) is 0 Å². The zero-order chi connectivity index (χ0) is 30.3. The van der Waals surface area contributed by atoms with Crippen molar-refractivity contribution in [2.75, 3.05) is 13.7 Å². The number of carbonyl (C=O) groups is 1. The number of aliphatic hydroxyl groups is 3. The lowest BCUT2D eigenvalue weighted by atomic mass is 9.89. The van der Waals surface area contributed by atoms with Gasteiger partial charge in [-0.05, 0) is 42.5 Å². The predicted molar refractivity (Wildman–Crippen MR) is 143 cm³/mol. The average molecular weight is 583 g/mol. The molecule has 42 heavy (non-hydrogen) atoms. The lowest BCUT2D eigenvalue weighted by Gasteiger charge is -2.42. The second kappa shape index (κ2) is 11.2. The minimum atomic E-state index is -1.88. The molecule has 0 aliphatic carbocycles. The van der Waals surface area contributed by atoms with Gasteiger partial charge in [0.15, 0.2) is 28.6 Å². The molecule has 7 N–H and O–H groups in total. The summed E-state index contributed by atoms with van der Waals surface area (Å²) >= 11 is 0. The molecule has 4 aromatic rings. The zero-order valence-electron chi connectivity index (χ0n) is 21.9. The highest BCUT2D eigenvalue weighted by molar-refractivity contribution is 5.91. The fraction of sp³-hybridized carbons (Fsp3) is 0.241. The molecule has 0 bridgehead atoms. The molecule has 0 spiro atoms. The minimum Gasteiger partial charge on any atom is -0.508 e. The van der Waals surface area contributed by atoms with E-state index in [1.165, 1.54) is 49.6 Å². The number of aromatic hydroxyl groups is 4. The number of aliphatic hydroxyl groups excluding tert-OH is 3. The van der Waals surface area contributed by atoms with Crippen molar-refractivity contribution < 1.29 is 59.2 Å². The van der Waals surface area contributed by atoms with Gasteiger partial charge in [0.25, 0.3) is 0 Å². The highest BCUT2D eigenvalue weighted by atomic mass is 16.6. The molecule has 1 aliphatic rings. The average Bonchev–Trinajstić information content (AvgIpc) is 2.96. The Morgan fingerprint density at radius 2 is 1.62 bits per heavy atom. The maximum Gasteiger partial charge on any atom is 0.338 e. The Morgan fingerprint density at radius 3 is 2.29 bits per heavy atom. The summed E-state index contributed by atoms with van der Waals surface area (Å²) in [6, 6.07) is 11.1. The summed E-state index contributed by atoms with van der Waals surface area (Å²) < 4.78 is 22.3. The second-order valence-corrected chi connectivity index (χ2v) is 9.57. The fourth-order valence-electron chi connectivity index (χ4n) is 4.82. The minimum absolute atomic E-state index is 0.0291. The highest BCUT2D eigenvalue weighted by Gasteiger charge is 2.49. The van der Waals surface area contributed by atoms with Gasteiger partial charge in [-0.1, -0.05) is 0 Å². The van der Waals surface area contributed by atoms with Crippen LogP contribution in [0.3, 0.4) is 0 Å². The third-order valence-electron chi connectivity index (χ3n) is 6.96. The Kier molecular flexibility index (Phi) is 7.67. The van der Waals surface area contributed by atoms with Crippen LogP contribution in [0.15, 0.2) is 63.8 Å². The van der Waals surface area contributed by atoms with Crippen LogP contribution in [0.5, 0.6) is 28.7 Å². The maximum atomic E-state index is 13.1. The molecule has 5 atom stereocenters. The largest absolute Gasteiger partial charge is 0.508 e. The summed E-state index contributed by atoms with van der Waals surface area (Å²) in [7, 11) is 1.27. The van der Waals surface area contributed by atoms with Crippen LogP contribution in [0.1, 0.15) is 22.0 Å². The number of methoxy groups -OCH3 is 1. The van der Waals surface area contributed by atoms with Gasteiger partial charge in [0.05, 0.1) is 24.8 Å². The van der Waals surface area contributed by atoms with E-state index >= 15 is 0 Å². The Balaban J connectivity index is 1.67. The third-order valence-corrected chi connectivity index (χ3v) is 6.96. The number of carbonyl (C=O) groups excluding carboxylic acids is 1. The molecule has 1 fully saturated rings. The van der Waals surface area contributed by atoms with Crippen molar-refractivity contribution in [2.24, 2.45) is 0 Å². The number of ether oxygens (including phenoxy) is 3. The monoisotopic (exact) mass is 582 g/mol. The van der Waals surface area contributed by atoms with E-state index in [0.29, 0.717) is 5.56 Å². The van der Waals surface area contributed by atoms with Gasteiger partial charge in [0.2, 0.25) is 0 Å². The zero-order valence-corrected chi connectivity index (χ0v) is 21.9. The topological polar surface area (TPSA) is 217 Å². The number of phenols is 4. The van der Waals surface area contributed by atoms with Crippen molar-refractivity contribution in [1.82, 2.24) is 0 Å². The van der Waals surface area contributed by atoms with Gasteiger partial charge in [0.1, 0.15) is 52.8 Å². The van der Waals surface area contributed by atoms with Crippen molar-refractivity contribution in [3.05, 3.63) is 75.9 Å². The molecule has 1 aromatic heterocycles. The Labute approximate surface area is 236 Å². The van der Waals surface area contributed by atoms with E-state index in [-0.39, 0.29) is 45.1 Å². The van der Waals surface area contributed by atoms with Crippen LogP contribution < -0.4 is 10.2 Å². The van der Waals surface area contributed by atoms with Crippen LogP contribution in [0.2, 0.25) is 0 Å². The van der Waals surface area contributed by atoms with Gasteiger partial charge in [-0.25, -0.2) is 4.79 Å². The molecule has 2 unspecified atom stereocenters. The molecule has 13 heteroatoms. The van der Waals surface area contributed by atoms with Crippen LogP contribution in [0.4, 0.5) is 0 Å². The first-order valence-electron chi connectivity index (χ1n) is 12.6. The van der Waals surface area contributed by atoms with E-state index in [0.717, 1.165) is 12.1 Å². The van der Waals surface area contributed by atoms with Gasteiger partial charge in [-0.3, -0.25) is 4.79 Å². The predicted octanol–water partition coefficient (Wildman–Crippen LogP) is 1.67. The number of hydrogen-bond acceptors (Lipinski definition) is 13. The SMILES string of the molecule is COc1cc(C(=O)OC2[C@@H](O)[C@H](O)C(CO)O[C@H]2c2c(O)cc(O)c3c(=O)cc(-c4ccc(O)cc4)oc23)ccc1O. The van der Waals surface area contributed by atoms with E-state index in [2.05, 4.69) is 0 Å². The van der Waals surface area contributed by atoms with E-state index in [1.54, 1.807) is 0 Å². The van der Waals surface area contributed by atoms with Gasteiger partial charge < -0.3 is 54.4 Å². The number of rotatable bonds is 6. The molecule has 13 nitrogen and oxygen atoms in total. The Morgan fingerprint density at radius 1 is 0.905 bits per heavy atom. The van der Waals surface area contributed by atoms with Crippen molar-refractivity contribution in [3.8, 4) is 40.1 Å². The number of hydrogen-bond donors (Lipinski definition) is 7. The number of fused-ring (bicyclic) bond motifs is 1. The Bertz CT molecular complexity index is 1700. The van der Waals surface area contributed by atoms with Gasteiger partial charge in [-0.2, -0.15) is 0 Å². The molecule has 1 aliphatic heterocycles. The van der Waals surface area contributed by atoms with Crippen LogP contribution in [-0.2, 0) is 9.47 Å². The molecular weight excluding hydrogens is 556 g/mol. The molecule has 0 radical (unpaired) electrons. The van der Waals surface area contributed by atoms with E-state index in [1.807, 2.05) is 0 Å². The molecule has 2 heterocycles. The third kappa shape index (κ3) is 5.05. The van der Waals surface area contributed by atoms with Crippen LogP contribution >= 0.6 is 0 Å². The van der Waals surface area contributed by atoms with Gasteiger partial charge in [0, 0.05) is 17.7 Å². The van der Waals surface area contributed by atoms with Crippen molar-refractivity contribution in [2.45, 2.75) is 30.5 Å². The van der Waals surface area contributed by atoms with Crippen molar-refractivity contribution >= 4 is 16.9 Å². The number of benzene rings is 3. The molecule has 0 saturated carbocycles. The lowest BCUT2D eigenvalue weighted by molar-refractivity contribution is -0.231. The summed E-state index contributed by atoms with van der Waals surface area (Å²) in [5.41, 5.74) is -1.21. The second-order valence-electron chi connectivity index (χ2n) is 9.57. The summed E-state index contributed by atoms with van der Waals surface area (Å²) in [6.07, 6.45) is -8.45. The molecule has 220 valence electrons. The van der Waals surface area contributed by atoms with Crippen LogP contribution in [0.25, 0.3) is 22.3 Å². The molecule has 0 amide bonds. The number of esters is 1. The summed E-state index contributed by atoms with van der Waals surface area (Å²) in [5, 5.41) is 72.1. The molecule has 3 aromatic carbocycles. The first-order chi connectivity index (χ1) is 20.0. The first kappa shape index (κ1) is 28.7. The molecule has 1 saturated heterocycles. The summed E-state index contributed by atoms with van der Waals surface area (Å²) in [5.74, 6) is -2.75. The molecular formula is C29H26O13. The fourth-order valence-corrected chi connectivity index (χ4v) is 4.82. The smallest absolute Gasteiger partial charge is 0.338 e. The molecule has 5 rings (SSSR count). The first-order valence-corrected chi connectivity index (χ1v) is 12.6. The summed E-state index contributed by atoms with van der Waals surface area (Å²) in [6.45, 7) is -0.788. The number of phenolic OH excluding ortho intramolecular Hbond substituents is 4. The lowest BCUT2D eigenvalue weighted by Crippen LogP contribution is -2.56. The van der Waals surface area contributed by atoms with Crippen LogP contribution in [0, 0.1) is 0 Å². The van der Waals surface area contributed by atoms with Crippen LogP contribution in [-0.4, -0.2) is 79.8 Å². The van der Waals surface area contributed by atoms with Gasteiger partial charge in [-0.15, -0.1) is 0 Å². The van der Waals surface area contributed by atoms with Crippen molar-refractivity contribution in [1.29, 1.82) is 0 Å².